The van der Waals surface area contributed by atoms with Gasteiger partial charge in [-0.15, -0.1) is 0 Å². The molecule has 0 aromatic heterocycles. The van der Waals surface area contributed by atoms with Crippen LogP contribution < -0.4 is 10.6 Å². The number of rotatable bonds is 2. The van der Waals surface area contributed by atoms with Gasteiger partial charge in [0.05, 0.1) is 6.04 Å². The quantitative estimate of drug-likeness (QED) is 0.873. The third kappa shape index (κ3) is 3.97. The van der Waals surface area contributed by atoms with Gasteiger partial charge >= 0.3 is 6.09 Å². The van der Waals surface area contributed by atoms with Crippen LogP contribution >= 0.6 is 0 Å². The molecule has 1 aliphatic rings. The van der Waals surface area contributed by atoms with Gasteiger partial charge in [-0.3, -0.25) is 0 Å². The number of alkyl carbamates (subject to hydrolysis) is 1. The molecule has 1 amide bonds. The molecular weight excluding hydrogens is 252 g/mol. The van der Waals surface area contributed by atoms with Gasteiger partial charge in [-0.1, -0.05) is 29.8 Å². The zero-order chi connectivity index (χ0) is 14.8. The van der Waals surface area contributed by atoms with Crippen molar-refractivity contribution in [3.05, 3.63) is 35.4 Å². The Balaban J connectivity index is 2.03. The maximum atomic E-state index is 11.9. The maximum absolute atomic E-state index is 11.9. The predicted molar refractivity (Wildman–Crippen MR) is 79.9 cm³/mol. The van der Waals surface area contributed by atoms with E-state index in [-0.39, 0.29) is 12.1 Å². The minimum atomic E-state index is -0.463. The fourth-order valence-electron chi connectivity index (χ4n) is 2.54. The standard InChI is InChI=1S/C16H24N2O2/c1-11-6-5-7-12(8-11)13-9-17-10-14(13)18-15(19)20-16(2,3)4/h5-8,13-14,17H,9-10H2,1-4H3,(H,18,19)/t13-,14+/m1/s1. The first kappa shape index (κ1) is 14.9. The van der Waals surface area contributed by atoms with Crippen molar-refractivity contribution in [2.24, 2.45) is 0 Å². The zero-order valence-electron chi connectivity index (χ0n) is 12.7. The molecule has 1 saturated heterocycles. The molecule has 20 heavy (non-hydrogen) atoms. The maximum Gasteiger partial charge on any atom is 0.407 e. The van der Waals surface area contributed by atoms with Crippen LogP contribution in [-0.4, -0.2) is 30.8 Å². The Morgan fingerprint density at radius 3 is 2.75 bits per heavy atom. The Morgan fingerprint density at radius 2 is 2.10 bits per heavy atom. The smallest absolute Gasteiger partial charge is 0.407 e. The van der Waals surface area contributed by atoms with E-state index >= 15 is 0 Å². The molecule has 1 aromatic carbocycles. The molecule has 2 atom stereocenters. The number of hydrogen-bond donors (Lipinski definition) is 2. The number of hydrogen-bond acceptors (Lipinski definition) is 3. The van der Waals surface area contributed by atoms with Crippen molar-refractivity contribution in [2.45, 2.75) is 45.3 Å². The first-order chi connectivity index (χ1) is 9.35. The summed E-state index contributed by atoms with van der Waals surface area (Å²) >= 11 is 0. The number of ether oxygens (including phenoxy) is 1. The molecule has 1 fully saturated rings. The minimum absolute atomic E-state index is 0.0756. The highest BCUT2D eigenvalue weighted by Gasteiger charge is 2.31. The van der Waals surface area contributed by atoms with Crippen LogP contribution in [0, 0.1) is 6.92 Å². The number of benzene rings is 1. The van der Waals surface area contributed by atoms with Crippen molar-refractivity contribution in [1.82, 2.24) is 10.6 Å². The largest absolute Gasteiger partial charge is 0.444 e. The van der Waals surface area contributed by atoms with Gasteiger partial charge < -0.3 is 15.4 Å². The van der Waals surface area contributed by atoms with Gasteiger partial charge in [-0.25, -0.2) is 4.79 Å². The fraction of sp³-hybridized carbons (Fsp3) is 0.562. The molecule has 4 nitrogen and oxygen atoms in total. The van der Waals surface area contributed by atoms with Crippen LogP contribution in [0.1, 0.15) is 37.8 Å². The highest BCUT2D eigenvalue weighted by molar-refractivity contribution is 5.68. The van der Waals surface area contributed by atoms with Crippen LogP contribution in [-0.2, 0) is 4.74 Å². The van der Waals surface area contributed by atoms with Crippen molar-refractivity contribution in [3.63, 3.8) is 0 Å². The van der Waals surface area contributed by atoms with E-state index in [9.17, 15) is 4.79 Å². The van der Waals surface area contributed by atoms with Crippen LogP contribution in [0.25, 0.3) is 0 Å². The van der Waals surface area contributed by atoms with E-state index in [1.165, 1.54) is 11.1 Å². The van der Waals surface area contributed by atoms with E-state index in [4.69, 9.17) is 4.74 Å². The first-order valence-electron chi connectivity index (χ1n) is 7.12. The van der Waals surface area contributed by atoms with Gasteiger partial charge in [0.15, 0.2) is 0 Å². The molecule has 0 spiro atoms. The first-order valence-corrected chi connectivity index (χ1v) is 7.12. The van der Waals surface area contributed by atoms with Crippen LogP contribution in [0.15, 0.2) is 24.3 Å². The third-order valence-corrected chi connectivity index (χ3v) is 3.39. The molecule has 2 N–H and O–H groups in total. The molecule has 0 radical (unpaired) electrons. The Morgan fingerprint density at radius 1 is 1.35 bits per heavy atom. The van der Waals surface area contributed by atoms with Crippen molar-refractivity contribution in [1.29, 1.82) is 0 Å². The summed E-state index contributed by atoms with van der Waals surface area (Å²) in [5.41, 5.74) is 2.04. The second-order valence-corrected chi connectivity index (χ2v) is 6.43. The lowest BCUT2D eigenvalue weighted by Crippen LogP contribution is -2.42. The Bertz CT molecular complexity index is 480. The molecule has 110 valence electrons. The third-order valence-electron chi connectivity index (χ3n) is 3.39. The molecule has 2 rings (SSSR count). The van der Waals surface area contributed by atoms with E-state index in [2.05, 4.69) is 41.8 Å². The molecule has 0 saturated carbocycles. The number of carbonyl (C=O) groups excluding carboxylic acids is 1. The van der Waals surface area contributed by atoms with Gasteiger partial charge in [-0.05, 0) is 33.3 Å². The molecule has 1 aliphatic heterocycles. The van der Waals surface area contributed by atoms with E-state index in [1.54, 1.807) is 0 Å². The number of carbonyl (C=O) groups is 1. The SMILES string of the molecule is Cc1cccc([C@H]2CNC[C@@H]2NC(=O)OC(C)(C)C)c1. The average molecular weight is 276 g/mol. The van der Waals surface area contributed by atoms with E-state index in [0.717, 1.165) is 13.1 Å². The molecule has 1 aromatic rings. The minimum Gasteiger partial charge on any atom is -0.444 e. The molecule has 1 heterocycles. The van der Waals surface area contributed by atoms with Crippen molar-refractivity contribution in [2.75, 3.05) is 13.1 Å². The van der Waals surface area contributed by atoms with E-state index in [0.29, 0.717) is 5.92 Å². The molecule has 0 bridgehead atoms. The topological polar surface area (TPSA) is 50.4 Å². The van der Waals surface area contributed by atoms with Crippen LogP contribution in [0.3, 0.4) is 0 Å². The molecule has 0 aliphatic carbocycles. The second kappa shape index (κ2) is 5.83. The van der Waals surface area contributed by atoms with Crippen LogP contribution in [0.2, 0.25) is 0 Å². The van der Waals surface area contributed by atoms with Crippen molar-refractivity contribution >= 4 is 6.09 Å². The Hall–Kier alpha value is -1.55. The molecule has 0 unspecified atom stereocenters. The van der Waals surface area contributed by atoms with Gasteiger partial charge in [0.2, 0.25) is 0 Å². The highest BCUT2D eigenvalue weighted by Crippen LogP contribution is 2.24. The Kier molecular flexibility index (Phi) is 4.33. The van der Waals surface area contributed by atoms with Crippen LogP contribution in [0.5, 0.6) is 0 Å². The summed E-state index contributed by atoms with van der Waals surface area (Å²) in [7, 11) is 0. The molecular formula is C16H24N2O2. The fourth-order valence-corrected chi connectivity index (χ4v) is 2.54. The van der Waals surface area contributed by atoms with E-state index < -0.39 is 5.60 Å². The summed E-state index contributed by atoms with van der Waals surface area (Å²) < 4.78 is 5.33. The monoisotopic (exact) mass is 276 g/mol. The zero-order valence-corrected chi connectivity index (χ0v) is 12.7. The van der Waals surface area contributed by atoms with Gasteiger partial charge in [-0.2, -0.15) is 0 Å². The number of aryl methyl sites for hydroxylation is 1. The molecule has 4 heteroatoms. The summed E-state index contributed by atoms with van der Waals surface area (Å²) in [6, 6.07) is 8.53. The van der Waals surface area contributed by atoms with Crippen molar-refractivity contribution < 1.29 is 9.53 Å². The van der Waals surface area contributed by atoms with Gasteiger partial charge in [0, 0.05) is 19.0 Å². The van der Waals surface area contributed by atoms with E-state index in [1.807, 2.05) is 20.8 Å². The number of nitrogens with one attached hydrogen (secondary N) is 2. The predicted octanol–water partition coefficient (Wildman–Crippen LogP) is 2.58. The van der Waals surface area contributed by atoms with Gasteiger partial charge in [0.1, 0.15) is 5.60 Å². The summed E-state index contributed by atoms with van der Waals surface area (Å²) in [5.74, 6) is 0.294. The summed E-state index contributed by atoms with van der Waals surface area (Å²) in [5, 5.41) is 6.32. The van der Waals surface area contributed by atoms with Crippen molar-refractivity contribution in [3.8, 4) is 0 Å². The summed E-state index contributed by atoms with van der Waals surface area (Å²) in [4.78, 5) is 11.9. The average Bonchev–Trinajstić information content (AvgIpc) is 2.74. The highest BCUT2D eigenvalue weighted by atomic mass is 16.6. The number of amides is 1. The normalized spacial score (nSPS) is 22.6. The lowest BCUT2D eigenvalue weighted by atomic mass is 9.93. The lowest BCUT2D eigenvalue weighted by molar-refractivity contribution is 0.0504. The lowest BCUT2D eigenvalue weighted by Gasteiger charge is -2.24. The van der Waals surface area contributed by atoms with Crippen LogP contribution in [0.4, 0.5) is 4.79 Å². The summed E-state index contributed by atoms with van der Waals surface area (Å²) in [6.07, 6.45) is -0.344. The summed E-state index contributed by atoms with van der Waals surface area (Å²) in [6.45, 7) is 9.36. The van der Waals surface area contributed by atoms with Gasteiger partial charge in [0.25, 0.3) is 0 Å². The Labute approximate surface area is 120 Å². The second-order valence-electron chi connectivity index (χ2n) is 6.43.